The largest absolute Gasteiger partial charge is 0.480 e. The van der Waals surface area contributed by atoms with E-state index >= 15 is 0 Å². The van der Waals surface area contributed by atoms with Gasteiger partial charge in [-0.25, -0.2) is 9.78 Å². The maximum atomic E-state index is 12.6. The summed E-state index contributed by atoms with van der Waals surface area (Å²) >= 11 is 0. The molecule has 6 heteroatoms. The topological polar surface area (TPSA) is 75.4 Å². The Morgan fingerprint density at radius 1 is 1.41 bits per heavy atom. The van der Waals surface area contributed by atoms with Crippen LogP contribution in [0.15, 0.2) is 24.3 Å². The van der Waals surface area contributed by atoms with E-state index in [2.05, 4.69) is 4.98 Å². The number of fused-ring (bicyclic) bond motifs is 1. The fraction of sp³-hybridized carbons (Fsp3) is 0.438. The molecular formula is C16H19N3O3. The van der Waals surface area contributed by atoms with Crippen LogP contribution in [0.2, 0.25) is 0 Å². The molecule has 0 aliphatic heterocycles. The smallest absolute Gasteiger partial charge is 0.326 e. The predicted molar refractivity (Wildman–Crippen MR) is 81.4 cm³/mol. The number of aliphatic carboxylic acids is 1. The maximum Gasteiger partial charge on any atom is 0.326 e. The van der Waals surface area contributed by atoms with E-state index in [-0.39, 0.29) is 18.5 Å². The van der Waals surface area contributed by atoms with E-state index in [9.17, 15) is 14.7 Å². The molecule has 1 unspecified atom stereocenters. The number of rotatable bonds is 5. The predicted octanol–water partition coefficient (Wildman–Crippen LogP) is 1.81. The van der Waals surface area contributed by atoms with Gasteiger partial charge >= 0.3 is 5.97 Å². The van der Waals surface area contributed by atoms with Gasteiger partial charge in [-0.05, 0) is 38.8 Å². The van der Waals surface area contributed by atoms with E-state index in [1.165, 1.54) is 4.90 Å². The van der Waals surface area contributed by atoms with Crippen molar-refractivity contribution in [1.82, 2.24) is 14.5 Å². The number of carboxylic acids is 1. The minimum atomic E-state index is -0.965. The second kappa shape index (κ2) is 5.44. The normalized spacial score (nSPS) is 15.7. The lowest BCUT2D eigenvalue weighted by Gasteiger charge is -2.27. The zero-order valence-electron chi connectivity index (χ0n) is 12.7. The van der Waals surface area contributed by atoms with E-state index in [0.29, 0.717) is 0 Å². The molecule has 1 atom stereocenters. The van der Waals surface area contributed by atoms with Gasteiger partial charge in [0.2, 0.25) is 5.91 Å². The third-order valence-corrected chi connectivity index (χ3v) is 4.14. The summed E-state index contributed by atoms with van der Waals surface area (Å²) in [4.78, 5) is 29.8. The number of nitrogens with zero attached hydrogens (tertiary/aromatic N) is 3. The van der Waals surface area contributed by atoms with Crippen molar-refractivity contribution in [1.29, 1.82) is 0 Å². The summed E-state index contributed by atoms with van der Waals surface area (Å²) < 4.78 is 1.85. The number of hydrogen-bond acceptors (Lipinski definition) is 3. The van der Waals surface area contributed by atoms with Crippen LogP contribution in [-0.2, 0) is 16.1 Å². The van der Waals surface area contributed by atoms with Gasteiger partial charge in [-0.3, -0.25) is 4.79 Å². The average molecular weight is 301 g/mol. The highest BCUT2D eigenvalue weighted by Gasteiger charge is 2.38. The standard InChI is InChI=1S/C16H19N3O3/c1-10(16(21)22)19(12-7-8-12)15(20)9-18-11(2)17-13-5-3-4-6-14(13)18/h3-6,10,12H,7-9H2,1-2H3,(H,21,22). The van der Waals surface area contributed by atoms with E-state index in [1.54, 1.807) is 6.92 Å². The number of carbonyl (C=O) groups is 2. The van der Waals surface area contributed by atoms with Crippen molar-refractivity contribution in [2.75, 3.05) is 0 Å². The SMILES string of the molecule is Cc1nc2ccccc2n1CC(=O)N(C1CC1)C(C)C(=O)O. The van der Waals surface area contributed by atoms with Crippen molar-refractivity contribution in [3.05, 3.63) is 30.1 Å². The monoisotopic (exact) mass is 301 g/mol. The van der Waals surface area contributed by atoms with Crippen molar-refractivity contribution in [2.24, 2.45) is 0 Å². The molecule has 1 amide bonds. The van der Waals surface area contributed by atoms with Crippen LogP contribution in [0.25, 0.3) is 11.0 Å². The van der Waals surface area contributed by atoms with Crippen LogP contribution in [0.3, 0.4) is 0 Å². The van der Waals surface area contributed by atoms with Gasteiger partial charge in [0.05, 0.1) is 11.0 Å². The van der Waals surface area contributed by atoms with Crippen LogP contribution in [0, 0.1) is 6.92 Å². The Balaban J connectivity index is 1.88. The molecule has 1 N–H and O–H groups in total. The molecule has 0 spiro atoms. The van der Waals surface area contributed by atoms with Crippen LogP contribution in [0.1, 0.15) is 25.6 Å². The molecule has 116 valence electrons. The Labute approximate surface area is 128 Å². The van der Waals surface area contributed by atoms with Crippen LogP contribution >= 0.6 is 0 Å². The second-order valence-corrected chi connectivity index (χ2v) is 5.78. The van der Waals surface area contributed by atoms with Crippen molar-refractivity contribution in [2.45, 2.75) is 45.3 Å². The van der Waals surface area contributed by atoms with Crippen LogP contribution < -0.4 is 0 Å². The van der Waals surface area contributed by atoms with Crippen molar-refractivity contribution in [3.8, 4) is 0 Å². The van der Waals surface area contributed by atoms with Gasteiger partial charge in [0, 0.05) is 6.04 Å². The molecule has 0 radical (unpaired) electrons. The first kappa shape index (κ1) is 14.6. The number of benzene rings is 1. The number of hydrogen-bond donors (Lipinski definition) is 1. The summed E-state index contributed by atoms with van der Waals surface area (Å²) in [6, 6.07) is 6.91. The van der Waals surface area contributed by atoms with Gasteiger partial charge in [0.25, 0.3) is 0 Å². The zero-order chi connectivity index (χ0) is 15.9. The molecule has 2 aromatic rings. The molecule has 1 fully saturated rings. The Morgan fingerprint density at radius 3 is 2.73 bits per heavy atom. The Bertz CT molecular complexity index is 733. The van der Waals surface area contributed by atoms with Gasteiger partial charge in [-0.1, -0.05) is 12.1 Å². The Hall–Kier alpha value is -2.37. The molecule has 1 saturated carbocycles. The molecule has 0 bridgehead atoms. The van der Waals surface area contributed by atoms with Crippen LogP contribution in [0.4, 0.5) is 0 Å². The maximum absolute atomic E-state index is 12.6. The first-order chi connectivity index (χ1) is 10.5. The van der Waals surface area contributed by atoms with Crippen molar-refractivity contribution in [3.63, 3.8) is 0 Å². The fourth-order valence-corrected chi connectivity index (χ4v) is 2.82. The lowest BCUT2D eigenvalue weighted by Crippen LogP contribution is -2.46. The minimum absolute atomic E-state index is 0.0636. The third kappa shape index (κ3) is 2.56. The number of aromatic nitrogens is 2. The van der Waals surface area contributed by atoms with Gasteiger partial charge in [-0.2, -0.15) is 0 Å². The minimum Gasteiger partial charge on any atom is -0.480 e. The summed E-state index contributed by atoms with van der Waals surface area (Å²) in [5, 5.41) is 9.22. The average Bonchev–Trinajstić information content (AvgIpc) is 3.25. The van der Waals surface area contributed by atoms with E-state index in [0.717, 1.165) is 29.7 Å². The number of carboxylic acid groups (broad SMARTS) is 1. The highest BCUT2D eigenvalue weighted by molar-refractivity contribution is 5.85. The van der Waals surface area contributed by atoms with Crippen molar-refractivity contribution < 1.29 is 14.7 Å². The molecular weight excluding hydrogens is 282 g/mol. The molecule has 0 saturated heterocycles. The van der Waals surface area contributed by atoms with Gasteiger partial charge in [0.15, 0.2) is 0 Å². The molecule has 6 nitrogen and oxygen atoms in total. The number of aryl methyl sites for hydroxylation is 1. The Kier molecular flexibility index (Phi) is 3.60. The van der Waals surface area contributed by atoms with Crippen LogP contribution in [-0.4, -0.2) is 43.5 Å². The molecule has 1 aromatic heterocycles. The number of imidazole rings is 1. The third-order valence-electron chi connectivity index (χ3n) is 4.14. The lowest BCUT2D eigenvalue weighted by atomic mass is 10.2. The summed E-state index contributed by atoms with van der Waals surface area (Å²) in [7, 11) is 0. The Morgan fingerprint density at radius 2 is 2.09 bits per heavy atom. The summed E-state index contributed by atoms with van der Waals surface area (Å²) in [6.07, 6.45) is 1.76. The highest BCUT2D eigenvalue weighted by atomic mass is 16.4. The van der Waals surface area contributed by atoms with Crippen molar-refractivity contribution >= 4 is 22.9 Å². The van der Waals surface area contributed by atoms with Gasteiger partial charge in [0.1, 0.15) is 18.4 Å². The molecule has 1 aliphatic carbocycles. The van der Waals surface area contributed by atoms with Gasteiger partial charge < -0.3 is 14.6 Å². The van der Waals surface area contributed by atoms with Crippen LogP contribution in [0.5, 0.6) is 0 Å². The zero-order valence-corrected chi connectivity index (χ0v) is 12.7. The molecule has 22 heavy (non-hydrogen) atoms. The first-order valence-corrected chi connectivity index (χ1v) is 7.45. The summed E-state index contributed by atoms with van der Waals surface area (Å²) in [6.45, 7) is 3.55. The fourth-order valence-electron chi connectivity index (χ4n) is 2.82. The second-order valence-electron chi connectivity index (χ2n) is 5.78. The molecule has 3 rings (SSSR count). The quantitative estimate of drug-likeness (QED) is 0.914. The lowest BCUT2D eigenvalue weighted by molar-refractivity contribution is -0.150. The van der Waals surface area contributed by atoms with E-state index in [4.69, 9.17) is 0 Å². The molecule has 1 aromatic carbocycles. The number of carbonyl (C=O) groups excluding carboxylic acids is 1. The van der Waals surface area contributed by atoms with E-state index in [1.807, 2.05) is 35.8 Å². The molecule has 1 aliphatic rings. The summed E-state index contributed by atoms with van der Waals surface area (Å²) in [5.41, 5.74) is 1.74. The number of amides is 1. The van der Waals surface area contributed by atoms with E-state index < -0.39 is 12.0 Å². The van der Waals surface area contributed by atoms with Gasteiger partial charge in [-0.15, -0.1) is 0 Å². The molecule has 1 heterocycles. The summed E-state index contributed by atoms with van der Waals surface area (Å²) in [5.74, 6) is -0.371. The number of para-hydroxylation sites is 2. The highest BCUT2D eigenvalue weighted by Crippen LogP contribution is 2.29. The first-order valence-electron chi connectivity index (χ1n) is 7.45.